The quantitative estimate of drug-likeness (QED) is 0.494. The van der Waals surface area contributed by atoms with E-state index < -0.39 is 12.0 Å². The Bertz CT molecular complexity index is 1280. The summed E-state index contributed by atoms with van der Waals surface area (Å²) in [5.74, 6) is 0.0934. The zero-order chi connectivity index (χ0) is 28.3. The smallest absolute Gasteiger partial charge is 0.338 e. The molecule has 39 heavy (non-hydrogen) atoms. The molecule has 2 aromatic rings. The summed E-state index contributed by atoms with van der Waals surface area (Å²) in [5.41, 5.74) is 1.91. The average Bonchev–Trinajstić information content (AvgIpc) is 2.92. The van der Waals surface area contributed by atoms with Gasteiger partial charge in [-0.15, -0.1) is 0 Å². The van der Waals surface area contributed by atoms with Crippen LogP contribution in [0.4, 0.5) is 4.79 Å². The highest BCUT2D eigenvalue weighted by Gasteiger charge is 2.39. The number of methoxy groups -OCH3 is 1. The number of carbonyl (C=O) groups is 3. The molecule has 11 heteroatoms. The lowest BCUT2D eigenvalue weighted by Gasteiger charge is -2.42. The third-order valence-electron chi connectivity index (χ3n) is 7.05. The van der Waals surface area contributed by atoms with E-state index in [0.717, 1.165) is 0 Å². The number of benzene rings is 2. The summed E-state index contributed by atoms with van der Waals surface area (Å²) in [6, 6.07) is 10.8. The van der Waals surface area contributed by atoms with Crippen LogP contribution in [-0.4, -0.2) is 85.6 Å². The van der Waals surface area contributed by atoms with Gasteiger partial charge in [-0.05, 0) is 49.7 Å². The highest BCUT2D eigenvalue weighted by Crippen LogP contribution is 2.37. The van der Waals surface area contributed by atoms with Gasteiger partial charge in [-0.1, -0.05) is 35.3 Å². The number of amides is 3. The summed E-state index contributed by atoms with van der Waals surface area (Å²) < 4.78 is 10.6. The maximum atomic E-state index is 13.3. The fraction of sp³-hybridized carbons (Fsp3) is 0.393. The number of piperazine rings is 1. The Morgan fingerprint density at radius 3 is 2.46 bits per heavy atom. The largest absolute Gasteiger partial charge is 0.497 e. The number of ether oxygens (including phenoxy) is 2. The molecule has 0 unspecified atom stereocenters. The molecule has 0 aromatic heterocycles. The van der Waals surface area contributed by atoms with E-state index in [-0.39, 0.29) is 29.6 Å². The molecule has 4 rings (SSSR count). The van der Waals surface area contributed by atoms with Gasteiger partial charge in [-0.3, -0.25) is 14.6 Å². The Hall–Kier alpha value is -3.27. The molecule has 9 nitrogen and oxygen atoms in total. The van der Waals surface area contributed by atoms with Crippen LogP contribution in [0.3, 0.4) is 0 Å². The van der Waals surface area contributed by atoms with Crippen molar-refractivity contribution in [2.24, 2.45) is 0 Å². The number of likely N-dealkylation sites (N-methyl/N-ethyl adjacent to an activating group) is 1. The number of rotatable bonds is 7. The van der Waals surface area contributed by atoms with Crippen LogP contribution in [0.5, 0.6) is 5.75 Å². The molecule has 1 fully saturated rings. The predicted molar refractivity (Wildman–Crippen MR) is 149 cm³/mol. The van der Waals surface area contributed by atoms with Gasteiger partial charge in [0, 0.05) is 50.5 Å². The SMILES string of the molecule is CCOC(=O)C1=C(CN2CCN(C(=O)c3ccc(OC)cc3)[C@@H](C)C2)N(C)C(=O)N[C@H]1c1cccc(Cl)c1Cl. The third kappa shape index (κ3) is 6.00. The molecule has 0 spiro atoms. The maximum absolute atomic E-state index is 13.3. The number of halogens is 2. The molecule has 0 bridgehead atoms. The van der Waals surface area contributed by atoms with Crippen molar-refractivity contribution in [1.82, 2.24) is 20.0 Å². The zero-order valence-corrected chi connectivity index (χ0v) is 23.9. The van der Waals surface area contributed by atoms with Crippen LogP contribution in [0.1, 0.15) is 35.8 Å². The van der Waals surface area contributed by atoms with Crippen LogP contribution in [0.25, 0.3) is 0 Å². The van der Waals surface area contributed by atoms with Gasteiger partial charge in [0.2, 0.25) is 0 Å². The van der Waals surface area contributed by atoms with E-state index in [1.807, 2.05) is 11.8 Å². The second-order valence-corrected chi connectivity index (χ2v) is 10.3. The molecular weight excluding hydrogens is 543 g/mol. The van der Waals surface area contributed by atoms with Gasteiger partial charge in [-0.2, -0.15) is 0 Å². The first-order chi connectivity index (χ1) is 18.7. The van der Waals surface area contributed by atoms with E-state index in [0.29, 0.717) is 59.3 Å². The molecule has 0 saturated carbocycles. The topological polar surface area (TPSA) is 91.4 Å². The first kappa shape index (κ1) is 28.7. The van der Waals surface area contributed by atoms with Crippen molar-refractivity contribution in [2.75, 3.05) is 46.9 Å². The van der Waals surface area contributed by atoms with Gasteiger partial charge in [0.15, 0.2) is 0 Å². The Balaban J connectivity index is 1.60. The lowest BCUT2D eigenvalue weighted by atomic mass is 9.94. The first-order valence-corrected chi connectivity index (χ1v) is 13.5. The Labute approximate surface area is 238 Å². The van der Waals surface area contributed by atoms with Gasteiger partial charge < -0.3 is 19.7 Å². The Kier molecular flexibility index (Phi) is 9.04. The normalized spacial score (nSPS) is 20.1. The van der Waals surface area contributed by atoms with Crippen molar-refractivity contribution in [3.63, 3.8) is 0 Å². The van der Waals surface area contributed by atoms with Gasteiger partial charge in [0.1, 0.15) is 5.75 Å². The number of hydrogen-bond acceptors (Lipinski definition) is 6. The lowest BCUT2D eigenvalue weighted by Crippen LogP contribution is -2.56. The van der Waals surface area contributed by atoms with E-state index in [9.17, 15) is 14.4 Å². The molecule has 0 radical (unpaired) electrons. The van der Waals surface area contributed by atoms with E-state index in [2.05, 4.69) is 10.2 Å². The van der Waals surface area contributed by atoms with Gasteiger partial charge in [0.25, 0.3) is 5.91 Å². The highest BCUT2D eigenvalue weighted by molar-refractivity contribution is 6.42. The number of urea groups is 1. The Morgan fingerprint density at radius 1 is 1.10 bits per heavy atom. The van der Waals surface area contributed by atoms with Crippen molar-refractivity contribution in [3.05, 3.63) is 74.9 Å². The minimum absolute atomic E-state index is 0.0546. The van der Waals surface area contributed by atoms with E-state index in [1.165, 1.54) is 4.90 Å². The number of esters is 1. The third-order valence-corrected chi connectivity index (χ3v) is 7.88. The molecule has 2 aliphatic heterocycles. The molecule has 2 aliphatic rings. The van der Waals surface area contributed by atoms with Crippen LogP contribution in [0.2, 0.25) is 10.0 Å². The summed E-state index contributed by atoms with van der Waals surface area (Å²) in [5, 5.41) is 3.45. The molecule has 1 N–H and O–H groups in total. The van der Waals surface area contributed by atoms with Crippen molar-refractivity contribution in [1.29, 1.82) is 0 Å². The standard InChI is InChI=1S/C28H32Cl2N4O5/c1-5-39-27(36)23-22(32(3)28(37)31-25(23)20-7-6-8-21(29)24(20)30)16-33-13-14-34(17(2)15-33)26(35)18-9-11-19(38-4)12-10-18/h6-12,17,25H,5,13-16H2,1-4H3,(H,31,37)/t17-,25-/m0/s1. The molecule has 2 aromatic carbocycles. The minimum atomic E-state index is -0.829. The number of hydrogen-bond donors (Lipinski definition) is 1. The second kappa shape index (κ2) is 12.3. The maximum Gasteiger partial charge on any atom is 0.338 e. The van der Waals surface area contributed by atoms with E-state index in [1.54, 1.807) is 63.5 Å². The average molecular weight is 575 g/mol. The van der Waals surface area contributed by atoms with E-state index >= 15 is 0 Å². The number of nitrogens with zero attached hydrogens (tertiary/aromatic N) is 3. The van der Waals surface area contributed by atoms with Crippen LogP contribution < -0.4 is 10.1 Å². The molecule has 0 aliphatic carbocycles. The molecule has 208 valence electrons. The van der Waals surface area contributed by atoms with E-state index in [4.69, 9.17) is 32.7 Å². The highest BCUT2D eigenvalue weighted by atomic mass is 35.5. The first-order valence-electron chi connectivity index (χ1n) is 12.7. The zero-order valence-electron chi connectivity index (χ0n) is 22.4. The predicted octanol–water partition coefficient (Wildman–Crippen LogP) is 4.36. The van der Waals surface area contributed by atoms with Crippen LogP contribution in [0.15, 0.2) is 53.7 Å². The molecule has 2 atom stereocenters. The summed E-state index contributed by atoms with van der Waals surface area (Å²) >= 11 is 12.8. The van der Waals surface area contributed by atoms with Gasteiger partial charge in [-0.25, -0.2) is 9.59 Å². The number of carbonyl (C=O) groups excluding carboxylic acids is 3. The molecule has 2 heterocycles. The lowest BCUT2D eigenvalue weighted by molar-refractivity contribution is -0.139. The summed E-state index contributed by atoms with van der Waals surface area (Å²) in [6.07, 6.45) is 0. The minimum Gasteiger partial charge on any atom is -0.497 e. The fourth-order valence-electron chi connectivity index (χ4n) is 4.96. The van der Waals surface area contributed by atoms with Crippen LogP contribution in [0, 0.1) is 0 Å². The van der Waals surface area contributed by atoms with Gasteiger partial charge >= 0.3 is 12.0 Å². The van der Waals surface area contributed by atoms with Crippen LogP contribution >= 0.6 is 23.2 Å². The monoisotopic (exact) mass is 574 g/mol. The van der Waals surface area contributed by atoms with Crippen molar-refractivity contribution in [3.8, 4) is 5.75 Å². The molecule has 3 amide bonds. The van der Waals surface area contributed by atoms with Crippen LogP contribution in [-0.2, 0) is 9.53 Å². The van der Waals surface area contributed by atoms with Gasteiger partial charge in [0.05, 0.1) is 35.4 Å². The summed E-state index contributed by atoms with van der Waals surface area (Å²) in [7, 11) is 3.20. The Morgan fingerprint density at radius 2 is 1.82 bits per heavy atom. The van der Waals surface area contributed by atoms with Crippen molar-refractivity contribution >= 4 is 41.1 Å². The van der Waals surface area contributed by atoms with Crippen molar-refractivity contribution < 1.29 is 23.9 Å². The molecular formula is C28H32Cl2N4O5. The summed E-state index contributed by atoms with van der Waals surface area (Å²) in [6.45, 7) is 5.80. The molecule has 1 saturated heterocycles. The number of nitrogens with one attached hydrogen (secondary N) is 1. The second-order valence-electron chi connectivity index (χ2n) is 9.48. The van der Waals surface area contributed by atoms with Crippen molar-refractivity contribution in [2.45, 2.75) is 25.9 Å². The fourth-order valence-corrected chi connectivity index (χ4v) is 5.38. The summed E-state index contributed by atoms with van der Waals surface area (Å²) in [4.78, 5) is 44.9.